The van der Waals surface area contributed by atoms with E-state index < -0.39 is 78.5 Å². The molecule has 256 valence electrons. The van der Waals surface area contributed by atoms with Crippen LogP contribution in [0, 0.1) is 0 Å². The van der Waals surface area contributed by atoms with Crippen LogP contribution in [-0.2, 0) is 44.8 Å². The monoisotopic (exact) mass is 659 g/mol. The third kappa shape index (κ3) is 14.4. The normalized spacial score (nSPS) is 20.9. The zero-order chi connectivity index (χ0) is 34.8. The molecule has 6 amide bonds. The first-order valence-electron chi connectivity index (χ1n) is 14.9. The van der Waals surface area contributed by atoms with Crippen molar-refractivity contribution < 1.29 is 43.5 Å². The summed E-state index contributed by atoms with van der Waals surface area (Å²) in [6, 6.07) is 3.25. The van der Waals surface area contributed by atoms with Crippen molar-refractivity contribution in [2.45, 2.75) is 69.1 Å². The molecule has 0 saturated carbocycles. The lowest BCUT2D eigenvalue weighted by Crippen LogP contribution is -2.58. The van der Waals surface area contributed by atoms with Gasteiger partial charge in [-0.1, -0.05) is 30.3 Å². The number of hydrogen-bond acceptors (Lipinski definition) is 9. The van der Waals surface area contributed by atoms with Crippen molar-refractivity contribution in [1.29, 1.82) is 0 Å². The first-order chi connectivity index (χ1) is 22.4. The zero-order valence-corrected chi connectivity index (χ0v) is 25.7. The minimum absolute atomic E-state index is 0.0323. The van der Waals surface area contributed by atoms with E-state index in [0.29, 0.717) is 12.0 Å². The third-order valence-corrected chi connectivity index (χ3v) is 6.91. The van der Waals surface area contributed by atoms with Gasteiger partial charge in [-0.05, 0) is 37.7 Å². The summed E-state index contributed by atoms with van der Waals surface area (Å²) in [5.74, 6) is -6.55. The maximum atomic E-state index is 13.7. The Morgan fingerprint density at radius 1 is 0.830 bits per heavy atom. The first kappa shape index (κ1) is 37.6. The Labute approximate surface area is 270 Å². The molecule has 11 N–H and O–H groups in total. The maximum absolute atomic E-state index is 13.7. The Morgan fingerprint density at radius 3 is 2.06 bits per heavy atom. The van der Waals surface area contributed by atoms with E-state index in [2.05, 4.69) is 36.9 Å². The summed E-state index contributed by atoms with van der Waals surface area (Å²) in [5.41, 5.74) is 11.3. The summed E-state index contributed by atoms with van der Waals surface area (Å²) in [5, 5.41) is 24.1. The molecule has 47 heavy (non-hydrogen) atoms. The number of nitrogens with zero attached hydrogens (tertiary/aromatic N) is 1. The van der Waals surface area contributed by atoms with Crippen LogP contribution in [0.25, 0.3) is 0 Å². The van der Waals surface area contributed by atoms with Gasteiger partial charge < -0.3 is 48.5 Å². The summed E-state index contributed by atoms with van der Waals surface area (Å²) in [7, 11) is 0. The summed E-state index contributed by atoms with van der Waals surface area (Å²) in [6.45, 7) is -0.404. The number of benzene rings is 1. The molecule has 0 radical (unpaired) electrons. The van der Waals surface area contributed by atoms with E-state index in [4.69, 9.17) is 11.5 Å². The van der Waals surface area contributed by atoms with Gasteiger partial charge in [0, 0.05) is 19.5 Å². The lowest BCUT2D eigenvalue weighted by Gasteiger charge is -2.26. The van der Waals surface area contributed by atoms with Gasteiger partial charge in [0.05, 0.1) is 13.0 Å². The molecule has 1 fully saturated rings. The van der Waals surface area contributed by atoms with Crippen LogP contribution in [0.1, 0.15) is 44.1 Å². The number of carbonyl (C=O) groups excluding carboxylic acids is 7. The highest BCUT2D eigenvalue weighted by Gasteiger charge is 2.33. The van der Waals surface area contributed by atoms with Gasteiger partial charge in [0.15, 0.2) is 5.96 Å². The number of nitrogens with two attached hydrogens (primary N) is 2. The van der Waals surface area contributed by atoms with E-state index >= 15 is 0 Å². The second-order valence-corrected chi connectivity index (χ2v) is 10.7. The van der Waals surface area contributed by atoms with Gasteiger partial charge in [0.2, 0.25) is 35.8 Å². The number of aliphatic imine (C=N–C) groups is 1. The average Bonchev–Trinajstić information content (AvgIpc) is 3.03. The summed E-state index contributed by atoms with van der Waals surface area (Å²) < 4.78 is 0. The molecule has 0 aliphatic carbocycles. The van der Waals surface area contributed by atoms with E-state index in [1.165, 1.54) is 0 Å². The summed E-state index contributed by atoms with van der Waals surface area (Å²) in [4.78, 5) is 103. The highest BCUT2D eigenvalue weighted by Crippen LogP contribution is 2.09. The number of unbranched alkanes of at least 4 members (excludes halogenated alkanes) is 1. The van der Waals surface area contributed by atoms with Gasteiger partial charge in [-0.25, -0.2) is 0 Å². The molecule has 1 saturated heterocycles. The fourth-order valence-electron chi connectivity index (χ4n) is 4.56. The minimum atomic E-state index is -1.60. The number of guanidine groups is 1. The Morgan fingerprint density at radius 2 is 1.43 bits per heavy atom. The fraction of sp³-hybridized carbons (Fsp3) is 0.483. The smallest absolute Gasteiger partial charge is 0.305 e. The van der Waals surface area contributed by atoms with Crippen molar-refractivity contribution in [3.8, 4) is 0 Å². The van der Waals surface area contributed by atoms with Crippen LogP contribution in [0.15, 0.2) is 35.3 Å². The van der Waals surface area contributed by atoms with Crippen LogP contribution < -0.4 is 43.4 Å². The zero-order valence-electron chi connectivity index (χ0n) is 25.7. The Bertz CT molecular complexity index is 1320. The molecule has 4 atom stereocenters. The van der Waals surface area contributed by atoms with Crippen LogP contribution >= 0.6 is 0 Å². The van der Waals surface area contributed by atoms with Crippen LogP contribution in [0.4, 0.5) is 0 Å². The van der Waals surface area contributed by atoms with Crippen LogP contribution in [0.2, 0.25) is 0 Å². The molecule has 0 unspecified atom stereocenters. The molecule has 1 aliphatic heterocycles. The molecule has 1 aliphatic rings. The predicted molar refractivity (Wildman–Crippen MR) is 166 cm³/mol. The third-order valence-electron chi connectivity index (χ3n) is 6.91. The molecule has 1 aromatic carbocycles. The number of nitrogens with one attached hydrogen (secondary N) is 6. The lowest BCUT2D eigenvalue weighted by atomic mass is 10.0. The molecule has 18 heteroatoms. The molecule has 2 rings (SSSR count). The van der Waals surface area contributed by atoms with E-state index in [0.717, 1.165) is 0 Å². The Balaban J connectivity index is 2.43. The average molecular weight is 660 g/mol. The first-order valence-corrected chi connectivity index (χ1v) is 14.9. The fourth-order valence-corrected chi connectivity index (χ4v) is 4.56. The standard InChI is InChI=1S/C29H41N9O9/c30-29(31)33-12-6-10-18-25(44)34-15-22(40)35-21(14-24(42)43)28(47)38-20(13-17-7-2-1-3-8-17)27(46)37-19(26(45)36-18)9-4-5-11-32-23(41)16-39/h1-3,7-8,16,18-21H,4-6,9-15H2,(H,32,41)(H,34,44)(H,35,40)(H,36,45)(H,37,46)(H,38,47)(H,42,43)(H4,30,31,33)/t18-,19-,20-,21-/m0/s1. The minimum Gasteiger partial charge on any atom is -0.481 e. The Kier molecular flexibility index (Phi) is 15.8. The van der Waals surface area contributed by atoms with E-state index in [1.54, 1.807) is 30.3 Å². The lowest BCUT2D eigenvalue weighted by molar-refractivity contribution is -0.141. The number of rotatable bonds is 14. The largest absolute Gasteiger partial charge is 0.481 e. The van der Waals surface area contributed by atoms with Crippen LogP contribution in [0.5, 0.6) is 0 Å². The molecule has 0 bridgehead atoms. The van der Waals surface area contributed by atoms with Crippen molar-refractivity contribution in [2.24, 2.45) is 16.5 Å². The SMILES string of the molecule is NC(N)=NCCC[C@@H]1NC(=O)[C@H](CCCCNC(=O)C=O)NC(=O)[C@H](Cc2ccccc2)NC(=O)[C@H](CC(=O)O)NC(=O)CNC1=O. The Hall–Kier alpha value is -5.55. The molecule has 1 aromatic rings. The van der Waals surface area contributed by atoms with Gasteiger partial charge >= 0.3 is 5.97 Å². The number of aldehydes is 1. The number of carbonyl (C=O) groups is 8. The quantitative estimate of drug-likeness (QED) is 0.0308. The molecular formula is C29H41N9O9. The second-order valence-electron chi connectivity index (χ2n) is 10.7. The maximum Gasteiger partial charge on any atom is 0.305 e. The van der Waals surface area contributed by atoms with Crippen molar-refractivity contribution in [2.75, 3.05) is 19.6 Å². The highest BCUT2D eigenvalue weighted by atomic mass is 16.4. The van der Waals surface area contributed by atoms with Crippen molar-refractivity contribution >= 4 is 53.7 Å². The molecular weight excluding hydrogens is 618 g/mol. The predicted octanol–water partition coefficient (Wildman–Crippen LogP) is -3.69. The number of hydrogen-bond donors (Lipinski definition) is 9. The molecule has 18 nitrogen and oxygen atoms in total. The van der Waals surface area contributed by atoms with E-state index in [-0.39, 0.29) is 57.4 Å². The van der Waals surface area contributed by atoms with Gasteiger partial charge in [-0.3, -0.25) is 43.3 Å². The van der Waals surface area contributed by atoms with Crippen molar-refractivity contribution in [3.05, 3.63) is 35.9 Å². The van der Waals surface area contributed by atoms with Crippen LogP contribution in [0.3, 0.4) is 0 Å². The number of carboxylic acids is 1. The van der Waals surface area contributed by atoms with Gasteiger partial charge in [0.25, 0.3) is 5.91 Å². The van der Waals surface area contributed by atoms with Crippen molar-refractivity contribution in [3.63, 3.8) is 0 Å². The summed E-state index contributed by atoms with van der Waals surface area (Å²) >= 11 is 0. The van der Waals surface area contributed by atoms with Gasteiger partial charge in [0.1, 0.15) is 24.2 Å². The number of aliphatic carboxylic acids is 1. The van der Waals surface area contributed by atoms with Crippen molar-refractivity contribution in [1.82, 2.24) is 31.9 Å². The van der Waals surface area contributed by atoms with E-state index in [1.807, 2.05) is 0 Å². The van der Waals surface area contributed by atoms with Crippen LogP contribution in [-0.4, -0.2) is 103 Å². The second kappa shape index (κ2) is 19.8. The molecule has 1 heterocycles. The highest BCUT2D eigenvalue weighted by molar-refractivity contribution is 6.23. The van der Waals surface area contributed by atoms with Gasteiger partial charge in [-0.2, -0.15) is 0 Å². The van der Waals surface area contributed by atoms with E-state index in [9.17, 15) is 43.5 Å². The van der Waals surface area contributed by atoms with Gasteiger partial charge in [-0.15, -0.1) is 0 Å². The number of amides is 6. The number of carboxylic acid groups (broad SMARTS) is 1. The summed E-state index contributed by atoms with van der Waals surface area (Å²) in [6.07, 6.45) is 0.181. The molecule has 0 aromatic heterocycles. The topological polar surface area (TPSA) is 293 Å². The molecule has 0 spiro atoms.